The van der Waals surface area contributed by atoms with Gasteiger partial charge in [0, 0.05) is 24.2 Å². The molecule has 88 valence electrons. The number of nitrogens with one attached hydrogen (secondary N) is 1. The highest BCUT2D eigenvalue weighted by molar-refractivity contribution is 9.10. The first-order chi connectivity index (χ1) is 7.69. The van der Waals surface area contributed by atoms with Crippen molar-refractivity contribution in [2.24, 2.45) is 0 Å². The molecule has 0 spiro atoms. The lowest BCUT2D eigenvalue weighted by molar-refractivity contribution is 0.0170. The summed E-state index contributed by atoms with van der Waals surface area (Å²) in [6, 6.07) is 7.12. The Hall–Kier alpha value is -0.380. The van der Waals surface area contributed by atoms with Crippen molar-refractivity contribution in [2.45, 2.75) is 38.5 Å². The fourth-order valence-corrected chi connectivity index (χ4v) is 2.61. The van der Waals surface area contributed by atoms with Crippen LogP contribution in [0.1, 0.15) is 24.0 Å². The van der Waals surface area contributed by atoms with Gasteiger partial charge >= 0.3 is 0 Å². The molecule has 1 N–H and O–H groups in total. The van der Waals surface area contributed by atoms with Gasteiger partial charge in [0.1, 0.15) is 0 Å². The molecule has 0 aromatic heterocycles. The minimum absolute atomic E-state index is 0.471. The molecule has 1 aromatic carbocycles. The molecule has 1 aliphatic rings. The number of hydrogen-bond acceptors (Lipinski definition) is 2. The normalized spacial score (nSPS) is 24.2. The lowest BCUT2D eigenvalue weighted by atomic mass is 9.89. The topological polar surface area (TPSA) is 21.3 Å². The second kappa shape index (κ2) is 5.30. The summed E-state index contributed by atoms with van der Waals surface area (Å²) in [7, 11) is 1.79. The third kappa shape index (κ3) is 2.84. The van der Waals surface area contributed by atoms with Crippen molar-refractivity contribution in [1.82, 2.24) is 5.32 Å². The van der Waals surface area contributed by atoms with Gasteiger partial charge in [-0.1, -0.05) is 28.1 Å². The van der Waals surface area contributed by atoms with E-state index in [1.54, 1.807) is 7.11 Å². The van der Waals surface area contributed by atoms with Gasteiger partial charge in [-0.2, -0.15) is 0 Å². The molecule has 0 bridgehead atoms. The van der Waals surface area contributed by atoms with Gasteiger partial charge in [0.15, 0.2) is 0 Å². The van der Waals surface area contributed by atoms with E-state index in [2.05, 4.69) is 46.4 Å². The van der Waals surface area contributed by atoms with E-state index in [1.807, 2.05) is 0 Å². The van der Waals surface area contributed by atoms with Crippen molar-refractivity contribution in [2.75, 3.05) is 7.11 Å². The van der Waals surface area contributed by atoms with E-state index in [0.29, 0.717) is 12.1 Å². The number of rotatable bonds is 4. The van der Waals surface area contributed by atoms with E-state index in [-0.39, 0.29) is 0 Å². The summed E-state index contributed by atoms with van der Waals surface area (Å²) in [5, 5.41) is 3.55. The summed E-state index contributed by atoms with van der Waals surface area (Å²) in [5.41, 5.74) is 2.62. The first-order valence-corrected chi connectivity index (χ1v) is 6.49. The third-order valence-corrected chi connectivity index (χ3v) is 3.96. The molecule has 0 radical (unpaired) electrons. The molecule has 2 nitrogen and oxygen atoms in total. The molecule has 0 heterocycles. The van der Waals surface area contributed by atoms with E-state index in [9.17, 15) is 0 Å². The van der Waals surface area contributed by atoms with Crippen molar-refractivity contribution in [3.63, 3.8) is 0 Å². The SMILES string of the molecule is COC1CC(NCc2ccc(C)cc2Br)C1. The Bertz CT molecular complexity index is 361. The van der Waals surface area contributed by atoms with Crippen LogP contribution in [0.3, 0.4) is 0 Å². The van der Waals surface area contributed by atoms with Gasteiger partial charge in [-0.15, -0.1) is 0 Å². The fraction of sp³-hybridized carbons (Fsp3) is 0.538. The first-order valence-electron chi connectivity index (χ1n) is 5.70. The van der Waals surface area contributed by atoms with Crippen molar-refractivity contribution < 1.29 is 4.74 Å². The Morgan fingerprint density at radius 3 is 2.81 bits per heavy atom. The summed E-state index contributed by atoms with van der Waals surface area (Å²) in [4.78, 5) is 0. The molecule has 1 aromatic rings. The molecule has 2 rings (SSSR count). The van der Waals surface area contributed by atoms with E-state index in [0.717, 1.165) is 19.4 Å². The molecule has 0 unspecified atom stereocenters. The first kappa shape index (κ1) is 12.1. The van der Waals surface area contributed by atoms with Crippen molar-refractivity contribution in [3.8, 4) is 0 Å². The average molecular weight is 284 g/mol. The van der Waals surface area contributed by atoms with Gasteiger partial charge in [0.05, 0.1) is 6.10 Å². The van der Waals surface area contributed by atoms with Crippen LogP contribution in [0.25, 0.3) is 0 Å². The van der Waals surface area contributed by atoms with E-state index < -0.39 is 0 Å². The third-order valence-electron chi connectivity index (χ3n) is 3.22. The number of aryl methyl sites for hydroxylation is 1. The van der Waals surface area contributed by atoms with Crippen LogP contribution in [0.5, 0.6) is 0 Å². The predicted octanol–water partition coefficient (Wildman–Crippen LogP) is 3.02. The van der Waals surface area contributed by atoms with Crippen LogP contribution >= 0.6 is 15.9 Å². The summed E-state index contributed by atoms with van der Waals surface area (Å²) in [5.74, 6) is 0. The zero-order valence-corrected chi connectivity index (χ0v) is 11.4. The molecule has 0 aliphatic heterocycles. The summed E-state index contributed by atoms with van der Waals surface area (Å²) in [6.07, 6.45) is 2.75. The minimum Gasteiger partial charge on any atom is -0.381 e. The molecular formula is C13H18BrNO. The highest BCUT2D eigenvalue weighted by atomic mass is 79.9. The van der Waals surface area contributed by atoms with Crippen molar-refractivity contribution in [1.29, 1.82) is 0 Å². The quantitative estimate of drug-likeness (QED) is 0.917. The van der Waals surface area contributed by atoms with Crippen LogP contribution in [0.15, 0.2) is 22.7 Å². The second-order valence-electron chi connectivity index (χ2n) is 4.50. The Kier molecular flexibility index (Phi) is 4.00. The second-order valence-corrected chi connectivity index (χ2v) is 5.36. The van der Waals surface area contributed by atoms with Crippen molar-refractivity contribution in [3.05, 3.63) is 33.8 Å². The average Bonchev–Trinajstić information content (AvgIpc) is 2.18. The Labute approximate surface area is 106 Å². The number of halogens is 1. The lowest BCUT2D eigenvalue weighted by Gasteiger charge is -2.34. The largest absolute Gasteiger partial charge is 0.381 e. The molecule has 0 saturated heterocycles. The summed E-state index contributed by atoms with van der Waals surface area (Å²) in [6.45, 7) is 3.04. The van der Waals surface area contributed by atoms with Crippen molar-refractivity contribution >= 4 is 15.9 Å². The summed E-state index contributed by atoms with van der Waals surface area (Å²) < 4.78 is 6.46. The lowest BCUT2D eigenvalue weighted by Crippen LogP contribution is -2.44. The number of methoxy groups -OCH3 is 1. The molecule has 16 heavy (non-hydrogen) atoms. The Morgan fingerprint density at radius 1 is 1.44 bits per heavy atom. The smallest absolute Gasteiger partial charge is 0.0601 e. The maximum absolute atomic E-state index is 5.26. The Morgan fingerprint density at radius 2 is 2.19 bits per heavy atom. The Balaban J connectivity index is 1.82. The highest BCUT2D eigenvalue weighted by Crippen LogP contribution is 2.24. The molecule has 0 atom stereocenters. The number of benzene rings is 1. The van der Waals surface area contributed by atoms with Gasteiger partial charge in [0.2, 0.25) is 0 Å². The monoisotopic (exact) mass is 283 g/mol. The van der Waals surface area contributed by atoms with E-state index >= 15 is 0 Å². The van der Waals surface area contributed by atoms with Gasteiger partial charge in [-0.3, -0.25) is 0 Å². The number of hydrogen-bond donors (Lipinski definition) is 1. The summed E-state index contributed by atoms with van der Waals surface area (Å²) >= 11 is 3.60. The minimum atomic E-state index is 0.471. The van der Waals surface area contributed by atoms with Gasteiger partial charge in [-0.25, -0.2) is 0 Å². The maximum Gasteiger partial charge on any atom is 0.0601 e. The van der Waals surface area contributed by atoms with Gasteiger partial charge in [-0.05, 0) is 37.0 Å². The zero-order chi connectivity index (χ0) is 11.5. The molecule has 0 amide bonds. The van der Waals surface area contributed by atoms with Gasteiger partial charge < -0.3 is 10.1 Å². The molecular weight excluding hydrogens is 266 g/mol. The van der Waals surface area contributed by atoms with E-state index in [4.69, 9.17) is 4.74 Å². The molecule has 3 heteroatoms. The van der Waals surface area contributed by atoms with Crippen LogP contribution in [-0.4, -0.2) is 19.3 Å². The standard InChI is InChI=1S/C13H18BrNO/c1-9-3-4-10(13(14)5-9)8-15-11-6-12(7-11)16-2/h3-5,11-12,15H,6-8H2,1-2H3. The zero-order valence-electron chi connectivity index (χ0n) is 9.79. The predicted molar refractivity (Wildman–Crippen MR) is 69.5 cm³/mol. The molecule has 1 fully saturated rings. The van der Waals surface area contributed by atoms with Crippen LogP contribution < -0.4 is 5.32 Å². The van der Waals surface area contributed by atoms with E-state index in [1.165, 1.54) is 15.6 Å². The highest BCUT2D eigenvalue weighted by Gasteiger charge is 2.28. The molecule has 1 saturated carbocycles. The number of ether oxygens (including phenoxy) is 1. The van der Waals surface area contributed by atoms with Crippen LogP contribution in [-0.2, 0) is 11.3 Å². The van der Waals surface area contributed by atoms with Gasteiger partial charge in [0.25, 0.3) is 0 Å². The fourth-order valence-electron chi connectivity index (χ4n) is 1.97. The van der Waals surface area contributed by atoms with Crippen LogP contribution in [0.4, 0.5) is 0 Å². The van der Waals surface area contributed by atoms with Crippen LogP contribution in [0.2, 0.25) is 0 Å². The van der Waals surface area contributed by atoms with Crippen LogP contribution in [0, 0.1) is 6.92 Å². The maximum atomic E-state index is 5.26. The molecule has 1 aliphatic carbocycles.